The number of benzene rings is 1. The molecule has 1 fully saturated rings. The third-order valence-electron chi connectivity index (χ3n) is 4.16. The van der Waals surface area contributed by atoms with Crippen molar-refractivity contribution < 1.29 is 23.7 Å². The van der Waals surface area contributed by atoms with Crippen molar-refractivity contribution in [3.05, 3.63) is 29.8 Å². The molecular weight excluding hydrogens is 332 g/mol. The van der Waals surface area contributed by atoms with Gasteiger partial charge < -0.3 is 23.7 Å². The molecule has 1 saturated heterocycles. The molecular formula is C21H30O5. The molecule has 5 heteroatoms. The van der Waals surface area contributed by atoms with Crippen LogP contribution in [0.2, 0.25) is 0 Å². The SMILES string of the molecule is COc1ccc(COCCC#CC(CC[C@H]2COC(C)(C)O2)OC)cc1. The molecule has 1 heterocycles. The minimum Gasteiger partial charge on any atom is -0.497 e. The fourth-order valence-corrected chi connectivity index (χ4v) is 2.71. The Morgan fingerprint density at radius 3 is 2.62 bits per heavy atom. The van der Waals surface area contributed by atoms with Gasteiger partial charge >= 0.3 is 0 Å². The van der Waals surface area contributed by atoms with Gasteiger partial charge in [0.05, 0.1) is 33.0 Å². The van der Waals surface area contributed by atoms with E-state index in [1.807, 2.05) is 38.1 Å². The van der Waals surface area contributed by atoms with E-state index in [2.05, 4.69) is 11.8 Å². The quantitative estimate of drug-likeness (QED) is 0.497. The molecule has 2 rings (SSSR count). The summed E-state index contributed by atoms with van der Waals surface area (Å²) in [4.78, 5) is 0. The van der Waals surface area contributed by atoms with Gasteiger partial charge in [-0.3, -0.25) is 0 Å². The standard InChI is InChI=1S/C21H30O5/c1-21(2)25-16-20(26-21)13-12-18(22-3)7-5-6-14-24-15-17-8-10-19(23-4)11-9-17/h8-11,18,20H,6,12-16H2,1-4H3/t18?,20-/m0/s1. The average molecular weight is 362 g/mol. The van der Waals surface area contributed by atoms with Crippen molar-refractivity contribution in [1.82, 2.24) is 0 Å². The number of rotatable bonds is 9. The Labute approximate surface area is 156 Å². The van der Waals surface area contributed by atoms with E-state index in [1.54, 1.807) is 14.2 Å². The van der Waals surface area contributed by atoms with Crippen LogP contribution >= 0.6 is 0 Å². The van der Waals surface area contributed by atoms with E-state index in [4.69, 9.17) is 23.7 Å². The first-order valence-corrected chi connectivity index (χ1v) is 9.06. The summed E-state index contributed by atoms with van der Waals surface area (Å²) >= 11 is 0. The van der Waals surface area contributed by atoms with Crippen LogP contribution in [-0.4, -0.2) is 45.4 Å². The molecule has 0 aliphatic carbocycles. The number of hydrogen-bond donors (Lipinski definition) is 0. The van der Waals surface area contributed by atoms with Crippen LogP contribution in [0.5, 0.6) is 5.75 Å². The van der Waals surface area contributed by atoms with Crippen LogP contribution in [0.25, 0.3) is 0 Å². The molecule has 0 aromatic heterocycles. The maximum Gasteiger partial charge on any atom is 0.163 e. The van der Waals surface area contributed by atoms with Crippen LogP contribution < -0.4 is 4.74 Å². The van der Waals surface area contributed by atoms with Gasteiger partial charge in [-0.2, -0.15) is 0 Å². The summed E-state index contributed by atoms with van der Waals surface area (Å²) < 4.78 is 27.6. The zero-order valence-corrected chi connectivity index (χ0v) is 16.2. The van der Waals surface area contributed by atoms with Crippen molar-refractivity contribution in [3.8, 4) is 17.6 Å². The van der Waals surface area contributed by atoms with Crippen molar-refractivity contribution in [1.29, 1.82) is 0 Å². The Hall–Kier alpha value is -1.58. The lowest BCUT2D eigenvalue weighted by Crippen LogP contribution is -2.22. The van der Waals surface area contributed by atoms with Gasteiger partial charge in [0, 0.05) is 13.5 Å². The fraction of sp³-hybridized carbons (Fsp3) is 0.619. The van der Waals surface area contributed by atoms with E-state index in [9.17, 15) is 0 Å². The Bertz CT molecular complexity index is 585. The molecule has 0 radical (unpaired) electrons. The molecule has 5 nitrogen and oxygen atoms in total. The van der Waals surface area contributed by atoms with Crippen LogP contribution in [0, 0.1) is 11.8 Å². The van der Waals surface area contributed by atoms with E-state index in [-0.39, 0.29) is 12.2 Å². The van der Waals surface area contributed by atoms with E-state index < -0.39 is 5.79 Å². The highest BCUT2D eigenvalue weighted by molar-refractivity contribution is 5.26. The monoisotopic (exact) mass is 362 g/mol. The summed E-state index contributed by atoms with van der Waals surface area (Å²) in [5, 5.41) is 0. The van der Waals surface area contributed by atoms with E-state index in [0.29, 0.717) is 26.2 Å². The molecule has 0 saturated carbocycles. The third-order valence-corrected chi connectivity index (χ3v) is 4.16. The van der Waals surface area contributed by atoms with Crippen LogP contribution in [0.15, 0.2) is 24.3 Å². The van der Waals surface area contributed by atoms with Gasteiger partial charge in [-0.05, 0) is 44.4 Å². The predicted molar refractivity (Wildman–Crippen MR) is 100.0 cm³/mol. The van der Waals surface area contributed by atoms with Crippen LogP contribution in [-0.2, 0) is 25.6 Å². The largest absolute Gasteiger partial charge is 0.497 e. The lowest BCUT2D eigenvalue weighted by molar-refractivity contribution is -0.139. The molecule has 144 valence electrons. The molecule has 1 aliphatic rings. The smallest absolute Gasteiger partial charge is 0.163 e. The zero-order valence-electron chi connectivity index (χ0n) is 16.2. The molecule has 0 bridgehead atoms. The molecule has 1 aromatic rings. The lowest BCUT2D eigenvalue weighted by Gasteiger charge is -2.17. The first kappa shape index (κ1) is 20.7. The van der Waals surface area contributed by atoms with Crippen molar-refractivity contribution >= 4 is 0 Å². The Balaban J connectivity index is 1.61. The van der Waals surface area contributed by atoms with Gasteiger partial charge in [-0.25, -0.2) is 0 Å². The topological polar surface area (TPSA) is 46.2 Å². The van der Waals surface area contributed by atoms with Gasteiger partial charge in [0.25, 0.3) is 0 Å². The van der Waals surface area contributed by atoms with Gasteiger partial charge in [0.15, 0.2) is 5.79 Å². The minimum absolute atomic E-state index is 0.0797. The van der Waals surface area contributed by atoms with Gasteiger partial charge in [0.1, 0.15) is 11.9 Å². The lowest BCUT2D eigenvalue weighted by atomic mass is 10.1. The fourth-order valence-electron chi connectivity index (χ4n) is 2.71. The summed E-state index contributed by atoms with van der Waals surface area (Å²) in [5.41, 5.74) is 1.12. The van der Waals surface area contributed by atoms with Crippen molar-refractivity contribution in [3.63, 3.8) is 0 Å². The van der Waals surface area contributed by atoms with Crippen LogP contribution in [0.4, 0.5) is 0 Å². The van der Waals surface area contributed by atoms with Crippen LogP contribution in [0.1, 0.15) is 38.7 Å². The summed E-state index contributed by atoms with van der Waals surface area (Å²) in [6.07, 6.45) is 2.44. The minimum atomic E-state index is -0.472. The maximum atomic E-state index is 5.80. The molecule has 1 aliphatic heterocycles. The van der Waals surface area contributed by atoms with E-state index >= 15 is 0 Å². The second kappa shape index (κ2) is 10.5. The summed E-state index contributed by atoms with van der Waals surface area (Å²) in [6.45, 7) is 5.69. The zero-order chi connectivity index (χ0) is 18.8. The number of methoxy groups -OCH3 is 2. The molecule has 26 heavy (non-hydrogen) atoms. The highest BCUT2D eigenvalue weighted by atomic mass is 16.7. The molecule has 1 aromatic carbocycles. The van der Waals surface area contributed by atoms with Crippen LogP contribution in [0.3, 0.4) is 0 Å². The predicted octanol–water partition coefficient (Wildman–Crippen LogP) is 3.55. The number of ether oxygens (including phenoxy) is 5. The molecule has 0 amide bonds. The van der Waals surface area contributed by atoms with Crippen molar-refractivity contribution in [2.24, 2.45) is 0 Å². The summed E-state index contributed by atoms with van der Waals surface area (Å²) in [7, 11) is 3.35. The van der Waals surface area contributed by atoms with Gasteiger partial charge in [-0.15, -0.1) is 0 Å². The van der Waals surface area contributed by atoms with Crippen molar-refractivity contribution in [2.75, 3.05) is 27.4 Å². The molecule has 2 atom stereocenters. The van der Waals surface area contributed by atoms with Gasteiger partial charge in [0.2, 0.25) is 0 Å². The second-order valence-corrected chi connectivity index (χ2v) is 6.72. The Morgan fingerprint density at radius 2 is 2.00 bits per heavy atom. The van der Waals surface area contributed by atoms with E-state index in [0.717, 1.165) is 24.2 Å². The van der Waals surface area contributed by atoms with Crippen molar-refractivity contribution in [2.45, 2.75) is 57.7 Å². The van der Waals surface area contributed by atoms with Gasteiger partial charge in [-0.1, -0.05) is 24.0 Å². The van der Waals surface area contributed by atoms with E-state index in [1.165, 1.54) is 0 Å². The highest BCUT2D eigenvalue weighted by Crippen LogP contribution is 2.25. The highest BCUT2D eigenvalue weighted by Gasteiger charge is 2.32. The Kier molecular flexibility index (Phi) is 8.40. The normalized spacial score (nSPS) is 19.6. The second-order valence-electron chi connectivity index (χ2n) is 6.72. The molecule has 1 unspecified atom stereocenters. The first-order valence-electron chi connectivity index (χ1n) is 9.06. The molecule has 0 N–H and O–H groups in total. The maximum absolute atomic E-state index is 5.80. The first-order chi connectivity index (χ1) is 12.5. The number of hydrogen-bond acceptors (Lipinski definition) is 5. The summed E-state index contributed by atoms with van der Waals surface area (Å²) in [5.74, 6) is 6.68. The third kappa shape index (κ3) is 7.35. The summed E-state index contributed by atoms with van der Waals surface area (Å²) in [6, 6.07) is 7.87. The Morgan fingerprint density at radius 1 is 1.23 bits per heavy atom. The molecule has 0 spiro atoms. The average Bonchev–Trinajstić information content (AvgIpc) is 2.99.